The van der Waals surface area contributed by atoms with Crippen molar-refractivity contribution in [3.05, 3.63) is 34.9 Å². The summed E-state index contributed by atoms with van der Waals surface area (Å²) in [6.45, 7) is 1.56. The van der Waals surface area contributed by atoms with E-state index in [1.54, 1.807) is 37.1 Å². The first-order chi connectivity index (χ1) is 7.11. The Morgan fingerprint density at radius 2 is 2.00 bits per heavy atom. The van der Waals surface area contributed by atoms with Gasteiger partial charge in [0.1, 0.15) is 5.94 Å². The van der Waals surface area contributed by atoms with Crippen LogP contribution < -0.4 is 5.32 Å². The Bertz CT molecular complexity index is 405. The molecule has 0 saturated carbocycles. The normalized spacial score (nSPS) is 9.20. The molecule has 4 heteroatoms. The van der Waals surface area contributed by atoms with Crippen molar-refractivity contribution in [1.29, 1.82) is 0 Å². The number of rotatable bonds is 3. The van der Waals surface area contributed by atoms with Gasteiger partial charge in [0.05, 0.1) is 6.42 Å². The van der Waals surface area contributed by atoms with Crippen LogP contribution in [0.2, 0.25) is 5.02 Å². The van der Waals surface area contributed by atoms with Crippen LogP contribution in [0.3, 0.4) is 0 Å². The quantitative estimate of drug-likeness (QED) is 0.800. The second kappa shape index (κ2) is 5.35. The minimum Gasteiger partial charge on any atom is -0.326 e. The largest absolute Gasteiger partial charge is 0.326 e. The van der Waals surface area contributed by atoms with Gasteiger partial charge < -0.3 is 5.32 Å². The summed E-state index contributed by atoms with van der Waals surface area (Å²) < 4.78 is 0. The zero-order chi connectivity index (χ0) is 11.3. The van der Waals surface area contributed by atoms with Gasteiger partial charge in [0.15, 0.2) is 0 Å². The number of hydrogen-bond acceptors (Lipinski definition) is 2. The summed E-state index contributed by atoms with van der Waals surface area (Å²) in [4.78, 5) is 21.5. The van der Waals surface area contributed by atoms with Crippen molar-refractivity contribution < 1.29 is 9.59 Å². The van der Waals surface area contributed by atoms with Crippen molar-refractivity contribution in [3.8, 4) is 0 Å². The van der Waals surface area contributed by atoms with Gasteiger partial charge in [0.25, 0.3) is 0 Å². The van der Waals surface area contributed by atoms with E-state index in [0.717, 1.165) is 0 Å². The molecule has 0 spiro atoms. The summed E-state index contributed by atoms with van der Waals surface area (Å²) in [5.74, 6) is 1.44. The summed E-state index contributed by atoms with van der Waals surface area (Å²) in [5.41, 5.74) is 1.03. The average Bonchev–Trinajstić information content (AvgIpc) is 2.21. The maximum atomic E-state index is 11.3. The number of benzene rings is 1. The molecule has 0 aliphatic carbocycles. The second-order valence-corrected chi connectivity index (χ2v) is 3.55. The van der Waals surface area contributed by atoms with E-state index in [2.05, 4.69) is 5.32 Å². The fraction of sp³-hybridized carbons (Fsp3) is 0.182. The first kappa shape index (κ1) is 11.5. The standard InChI is InChI=1S/C11H10ClNO2/c1-8(7-14)6-11(15)13-10-4-2-9(12)3-5-10/h2-5H,6H2,1H3,(H,13,15). The Morgan fingerprint density at radius 3 is 2.53 bits per heavy atom. The third kappa shape index (κ3) is 3.98. The van der Waals surface area contributed by atoms with Gasteiger partial charge in [0, 0.05) is 16.3 Å². The number of carbonyl (C=O) groups excluding carboxylic acids is 2. The van der Waals surface area contributed by atoms with Gasteiger partial charge in [0.2, 0.25) is 5.91 Å². The molecule has 0 aliphatic rings. The highest BCUT2D eigenvalue weighted by atomic mass is 35.5. The highest BCUT2D eigenvalue weighted by Crippen LogP contribution is 2.13. The monoisotopic (exact) mass is 223 g/mol. The number of hydrogen-bond donors (Lipinski definition) is 1. The lowest BCUT2D eigenvalue weighted by Crippen LogP contribution is -2.11. The molecule has 1 rings (SSSR count). The third-order valence-corrected chi connectivity index (χ3v) is 1.98. The average molecular weight is 224 g/mol. The molecule has 1 N–H and O–H groups in total. The molecule has 1 aromatic rings. The predicted molar refractivity (Wildman–Crippen MR) is 59.6 cm³/mol. The van der Waals surface area contributed by atoms with Crippen LogP contribution in [0.15, 0.2) is 29.8 Å². The Morgan fingerprint density at radius 1 is 1.40 bits per heavy atom. The van der Waals surface area contributed by atoms with Crippen LogP contribution in [0.25, 0.3) is 0 Å². The Hall–Kier alpha value is -1.57. The highest BCUT2D eigenvalue weighted by Gasteiger charge is 2.03. The number of carbonyl (C=O) groups is 1. The van der Waals surface area contributed by atoms with Gasteiger partial charge in [-0.05, 0) is 31.2 Å². The van der Waals surface area contributed by atoms with E-state index in [9.17, 15) is 9.59 Å². The topological polar surface area (TPSA) is 46.2 Å². The molecule has 15 heavy (non-hydrogen) atoms. The number of amides is 1. The van der Waals surface area contributed by atoms with E-state index in [1.807, 2.05) is 0 Å². The van der Waals surface area contributed by atoms with Gasteiger partial charge in [-0.15, -0.1) is 0 Å². The minimum atomic E-state index is -0.238. The minimum absolute atomic E-state index is 0.0616. The predicted octanol–water partition coefficient (Wildman–Crippen LogP) is 2.45. The van der Waals surface area contributed by atoms with Crippen molar-refractivity contribution in [1.82, 2.24) is 0 Å². The van der Waals surface area contributed by atoms with Crippen molar-refractivity contribution in [3.63, 3.8) is 0 Å². The molecule has 78 valence electrons. The number of nitrogens with one attached hydrogen (secondary N) is 1. The molecule has 0 saturated heterocycles. The van der Waals surface area contributed by atoms with Crippen molar-refractivity contribution in [2.45, 2.75) is 13.3 Å². The van der Waals surface area contributed by atoms with Gasteiger partial charge in [-0.1, -0.05) is 11.6 Å². The van der Waals surface area contributed by atoms with Crippen LogP contribution in [0, 0.1) is 0 Å². The van der Waals surface area contributed by atoms with E-state index in [0.29, 0.717) is 16.3 Å². The molecule has 0 unspecified atom stereocenters. The van der Waals surface area contributed by atoms with Crippen LogP contribution in [-0.2, 0) is 9.59 Å². The fourth-order valence-electron chi connectivity index (χ4n) is 1.02. The maximum absolute atomic E-state index is 11.3. The molecular weight excluding hydrogens is 214 g/mol. The molecule has 3 nitrogen and oxygen atoms in total. The highest BCUT2D eigenvalue weighted by molar-refractivity contribution is 6.30. The van der Waals surface area contributed by atoms with Crippen LogP contribution in [0.4, 0.5) is 5.69 Å². The van der Waals surface area contributed by atoms with Crippen LogP contribution in [-0.4, -0.2) is 11.8 Å². The number of anilines is 1. The summed E-state index contributed by atoms with van der Waals surface area (Å²) >= 11 is 5.69. The molecule has 1 amide bonds. The van der Waals surface area contributed by atoms with Crippen LogP contribution >= 0.6 is 11.6 Å². The maximum Gasteiger partial charge on any atom is 0.229 e. The van der Waals surface area contributed by atoms with Crippen molar-refractivity contribution >= 4 is 29.1 Å². The molecule has 0 radical (unpaired) electrons. The van der Waals surface area contributed by atoms with Gasteiger partial charge >= 0.3 is 0 Å². The van der Waals surface area contributed by atoms with Gasteiger partial charge in [-0.3, -0.25) is 4.79 Å². The van der Waals surface area contributed by atoms with E-state index in [1.165, 1.54) is 0 Å². The molecule has 0 atom stereocenters. The van der Waals surface area contributed by atoms with E-state index >= 15 is 0 Å². The van der Waals surface area contributed by atoms with Crippen LogP contribution in [0.1, 0.15) is 13.3 Å². The molecule has 0 fully saturated rings. The number of halogens is 1. The Balaban J connectivity index is 2.59. The lowest BCUT2D eigenvalue weighted by Gasteiger charge is -2.03. The van der Waals surface area contributed by atoms with Crippen molar-refractivity contribution in [2.75, 3.05) is 5.32 Å². The summed E-state index contributed by atoms with van der Waals surface area (Å²) in [5, 5.41) is 3.25. The zero-order valence-electron chi connectivity index (χ0n) is 8.21. The fourth-order valence-corrected chi connectivity index (χ4v) is 1.14. The molecule has 0 aromatic heterocycles. The van der Waals surface area contributed by atoms with Gasteiger partial charge in [-0.25, -0.2) is 4.79 Å². The summed E-state index contributed by atoms with van der Waals surface area (Å²) in [7, 11) is 0. The summed E-state index contributed by atoms with van der Waals surface area (Å²) in [6, 6.07) is 6.75. The molecule has 1 aromatic carbocycles. The zero-order valence-corrected chi connectivity index (χ0v) is 8.97. The smallest absolute Gasteiger partial charge is 0.229 e. The van der Waals surface area contributed by atoms with E-state index in [-0.39, 0.29) is 12.3 Å². The molecule has 0 heterocycles. The van der Waals surface area contributed by atoms with E-state index in [4.69, 9.17) is 11.6 Å². The van der Waals surface area contributed by atoms with E-state index < -0.39 is 0 Å². The lowest BCUT2D eigenvalue weighted by molar-refractivity contribution is -0.115. The molecule has 0 bridgehead atoms. The first-order valence-electron chi connectivity index (χ1n) is 4.38. The second-order valence-electron chi connectivity index (χ2n) is 3.11. The SMILES string of the molecule is CC(=C=O)CC(=O)Nc1ccc(Cl)cc1. The van der Waals surface area contributed by atoms with Gasteiger partial charge in [-0.2, -0.15) is 0 Å². The Kier molecular flexibility index (Phi) is 4.10. The van der Waals surface area contributed by atoms with Crippen LogP contribution in [0.5, 0.6) is 0 Å². The third-order valence-electron chi connectivity index (χ3n) is 1.73. The molecular formula is C11H10ClNO2. The summed E-state index contributed by atoms with van der Waals surface area (Å²) in [6.07, 6.45) is 0.0616. The van der Waals surface area contributed by atoms with Crippen molar-refractivity contribution in [2.24, 2.45) is 0 Å². The Labute approximate surface area is 92.7 Å². The molecule has 0 aliphatic heterocycles. The lowest BCUT2D eigenvalue weighted by atomic mass is 10.2. The first-order valence-corrected chi connectivity index (χ1v) is 4.75.